The van der Waals surface area contributed by atoms with Gasteiger partial charge in [-0.05, 0) is 51.2 Å². The van der Waals surface area contributed by atoms with Gasteiger partial charge in [0, 0.05) is 6.04 Å². The highest BCUT2D eigenvalue weighted by Crippen LogP contribution is 2.25. The normalized spacial score (nSPS) is 14.2. The lowest BCUT2D eigenvalue weighted by molar-refractivity contribution is 0.338. The van der Waals surface area contributed by atoms with Crippen LogP contribution in [-0.2, 0) is 0 Å². The lowest BCUT2D eigenvalue weighted by Gasteiger charge is -2.26. The van der Waals surface area contributed by atoms with Gasteiger partial charge in [-0.3, -0.25) is 0 Å². The number of hydrogen-bond donors (Lipinski definition) is 2. The number of hydrogen-bond acceptors (Lipinski definition) is 3. The first-order valence-electron chi connectivity index (χ1n) is 6.81. The molecule has 0 saturated heterocycles. The van der Waals surface area contributed by atoms with E-state index in [0.717, 1.165) is 18.7 Å². The lowest BCUT2D eigenvalue weighted by Crippen LogP contribution is -2.31. The summed E-state index contributed by atoms with van der Waals surface area (Å²) in [5, 5.41) is 6.70. The molecule has 1 aromatic carbocycles. The molecular formula is C15H26N2O. The first-order chi connectivity index (χ1) is 8.76. The zero-order valence-electron chi connectivity index (χ0n) is 12.0. The summed E-state index contributed by atoms with van der Waals surface area (Å²) in [6, 6.07) is 8.80. The van der Waals surface area contributed by atoms with Gasteiger partial charge in [-0.25, -0.2) is 0 Å². The number of ether oxygens (including phenoxy) is 1. The minimum atomic E-state index is 0.387. The SMILES string of the molecule is CCOc1ccc(C(NC)C(CC)CNC)cc1. The zero-order valence-corrected chi connectivity index (χ0v) is 12.0. The third kappa shape index (κ3) is 4.00. The largest absolute Gasteiger partial charge is 0.494 e. The van der Waals surface area contributed by atoms with Crippen molar-refractivity contribution in [2.75, 3.05) is 27.2 Å². The molecule has 0 amide bonds. The minimum Gasteiger partial charge on any atom is -0.494 e. The van der Waals surface area contributed by atoms with E-state index in [1.807, 2.05) is 21.0 Å². The average Bonchev–Trinajstić information content (AvgIpc) is 2.40. The van der Waals surface area contributed by atoms with E-state index in [-0.39, 0.29) is 0 Å². The van der Waals surface area contributed by atoms with Gasteiger partial charge in [0.25, 0.3) is 0 Å². The Balaban J connectivity index is 2.80. The van der Waals surface area contributed by atoms with Crippen molar-refractivity contribution in [2.24, 2.45) is 5.92 Å². The number of benzene rings is 1. The second-order valence-electron chi connectivity index (χ2n) is 4.49. The van der Waals surface area contributed by atoms with Crippen molar-refractivity contribution < 1.29 is 4.74 Å². The van der Waals surface area contributed by atoms with Crippen LogP contribution in [0.25, 0.3) is 0 Å². The summed E-state index contributed by atoms with van der Waals surface area (Å²) in [7, 11) is 4.03. The minimum absolute atomic E-state index is 0.387. The van der Waals surface area contributed by atoms with E-state index in [0.29, 0.717) is 18.6 Å². The molecule has 0 aliphatic heterocycles. The molecule has 3 heteroatoms. The fourth-order valence-electron chi connectivity index (χ4n) is 2.37. The Bertz CT molecular complexity index is 324. The van der Waals surface area contributed by atoms with Gasteiger partial charge >= 0.3 is 0 Å². The third-order valence-electron chi connectivity index (χ3n) is 3.32. The van der Waals surface area contributed by atoms with Crippen molar-refractivity contribution in [3.05, 3.63) is 29.8 Å². The van der Waals surface area contributed by atoms with E-state index < -0.39 is 0 Å². The Morgan fingerprint density at radius 2 is 1.78 bits per heavy atom. The van der Waals surface area contributed by atoms with Gasteiger partial charge in [-0.1, -0.05) is 25.5 Å². The third-order valence-corrected chi connectivity index (χ3v) is 3.32. The van der Waals surface area contributed by atoms with E-state index in [1.54, 1.807) is 0 Å². The molecule has 0 aromatic heterocycles. The molecule has 1 aromatic rings. The maximum atomic E-state index is 5.48. The van der Waals surface area contributed by atoms with Crippen molar-refractivity contribution in [3.63, 3.8) is 0 Å². The maximum Gasteiger partial charge on any atom is 0.119 e. The van der Waals surface area contributed by atoms with Gasteiger partial charge in [-0.2, -0.15) is 0 Å². The molecule has 0 aliphatic carbocycles. The topological polar surface area (TPSA) is 33.3 Å². The van der Waals surface area contributed by atoms with Crippen molar-refractivity contribution in [3.8, 4) is 5.75 Å². The maximum absolute atomic E-state index is 5.48. The standard InChI is InChI=1S/C15H26N2O/c1-5-12(11-16-3)15(17-4)13-7-9-14(10-8-13)18-6-2/h7-10,12,15-17H,5-6,11H2,1-4H3. The van der Waals surface area contributed by atoms with Gasteiger partial charge in [-0.15, -0.1) is 0 Å². The Hall–Kier alpha value is -1.06. The van der Waals surface area contributed by atoms with Gasteiger partial charge in [0.15, 0.2) is 0 Å². The number of nitrogens with one attached hydrogen (secondary N) is 2. The van der Waals surface area contributed by atoms with Gasteiger partial charge < -0.3 is 15.4 Å². The van der Waals surface area contributed by atoms with E-state index in [9.17, 15) is 0 Å². The Kier molecular flexibility index (Phi) is 6.76. The molecule has 0 bridgehead atoms. The van der Waals surface area contributed by atoms with E-state index >= 15 is 0 Å². The molecule has 0 heterocycles. The summed E-state index contributed by atoms with van der Waals surface area (Å²) >= 11 is 0. The molecule has 3 nitrogen and oxygen atoms in total. The van der Waals surface area contributed by atoms with Crippen LogP contribution in [0.4, 0.5) is 0 Å². The lowest BCUT2D eigenvalue weighted by atomic mass is 9.91. The molecule has 0 spiro atoms. The second kappa shape index (κ2) is 8.11. The molecule has 0 saturated carbocycles. The monoisotopic (exact) mass is 250 g/mol. The summed E-state index contributed by atoms with van der Waals surface area (Å²) in [5.41, 5.74) is 1.32. The van der Waals surface area contributed by atoms with Gasteiger partial charge in [0.1, 0.15) is 5.75 Å². The fourth-order valence-corrected chi connectivity index (χ4v) is 2.37. The molecule has 2 atom stereocenters. The van der Waals surface area contributed by atoms with Crippen LogP contribution in [0.2, 0.25) is 0 Å². The van der Waals surface area contributed by atoms with E-state index in [2.05, 4.69) is 41.8 Å². The second-order valence-corrected chi connectivity index (χ2v) is 4.49. The molecule has 2 N–H and O–H groups in total. The van der Waals surface area contributed by atoms with Gasteiger partial charge in [0.05, 0.1) is 6.61 Å². The van der Waals surface area contributed by atoms with Crippen LogP contribution in [-0.4, -0.2) is 27.2 Å². The van der Waals surface area contributed by atoms with E-state index in [1.165, 1.54) is 5.56 Å². The van der Waals surface area contributed by atoms with Crippen LogP contribution in [0.15, 0.2) is 24.3 Å². The zero-order chi connectivity index (χ0) is 13.4. The summed E-state index contributed by atoms with van der Waals surface area (Å²) in [6.45, 7) is 5.98. The highest BCUT2D eigenvalue weighted by atomic mass is 16.5. The summed E-state index contributed by atoms with van der Waals surface area (Å²) in [4.78, 5) is 0. The highest BCUT2D eigenvalue weighted by Gasteiger charge is 2.19. The number of rotatable bonds is 8. The van der Waals surface area contributed by atoms with Crippen LogP contribution >= 0.6 is 0 Å². The Labute approximate surface area is 111 Å². The van der Waals surface area contributed by atoms with Crippen LogP contribution in [0.3, 0.4) is 0 Å². The summed E-state index contributed by atoms with van der Waals surface area (Å²) < 4.78 is 5.48. The smallest absolute Gasteiger partial charge is 0.119 e. The van der Waals surface area contributed by atoms with Crippen LogP contribution < -0.4 is 15.4 Å². The Morgan fingerprint density at radius 1 is 1.11 bits per heavy atom. The van der Waals surface area contributed by atoms with Gasteiger partial charge in [0.2, 0.25) is 0 Å². The summed E-state index contributed by atoms with van der Waals surface area (Å²) in [5.74, 6) is 1.54. The van der Waals surface area contributed by atoms with Crippen molar-refractivity contribution in [1.82, 2.24) is 10.6 Å². The van der Waals surface area contributed by atoms with Crippen molar-refractivity contribution in [1.29, 1.82) is 0 Å². The predicted octanol–water partition coefficient (Wildman–Crippen LogP) is 2.59. The molecular weight excluding hydrogens is 224 g/mol. The van der Waals surface area contributed by atoms with E-state index in [4.69, 9.17) is 4.74 Å². The Morgan fingerprint density at radius 3 is 2.22 bits per heavy atom. The fraction of sp³-hybridized carbons (Fsp3) is 0.600. The van der Waals surface area contributed by atoms with Crippen LogP contribution in [0.5, 0.6) is 5.75 Å². The molecule has 0 radical (unpaired) electrons. The molecule has 1 rings (SSSR count). The van der Waals surface area contributed by atoms with Crippen molar-refractivity contribution in [2.45, 2.75) is 26.3 Å². The molecule has 0 fully saturated rings. The quantitative estimate of drug-likeness (QED) is 0.744. The molecule has 2 unspecified atom stereocenters. The average molecular weight is 250 g/mol. The summed E-state index contributed by atoms with van der Waals surface area (Å²) in [6.07, 6.45) is 1.15. The first-order valence-corrected chi connectivity index (χ1v) is 6.81. The predicted molar refractivity (Wildman–Crippen MR) is 77.1 cm³/mol. The first kappa shape index (κ1) is 15.0. The molecule has 18 heavy (non-hydrogen) atoms. The highest BCUT2D eigenvalue weighted by molar-refractivity contribution is 5.29. The van der Waals surface area contributed by atoms with Crippen LogP contribution in [0, 0.1) is 5.92 Å². The molecule has 102 valence electrons. The molecule has 0 aliphatic rings. The van der Waals surface area contributed by atoms with Crippen molar-refractivity contribution >= 4 is 0 Å². The van der Waals surface area contributed by atoms with Crippen LogP contribution in [0.1, 0.15) is 31.9 Å².